The van der Waals surface area contributed by atoms with Crippen molar-refractivity contribution >= 4 is 17.5 Å². The van der Waals surface area contributed by atoms with E-state index in [0.717, 1.165) is 0 Å². The highest BCUT2D eigenvalue weighted by Crippen LogP contribution is 2.22. The summed E-state index contributed by atoms with van der Waals surface area (Å²) in [7, 11) is 0. The van der Waals surface area contributed by atoms with Crippen LogP contribution in [-0.2, 0) is 0 Å². The van der Waals surface area contributed by atoms with Crippen molar-refractivity contribution in [3.8, 4) is 0 Å². The van der Waals surface area contributed by atoms with Crippen molar-refractivity contribution in [1.82, 2.24) is 4.98 Å². The Morgan fingerprint density at radius 3 is 2.57 bits per heavy atom. The molecule has 1 aromatic heterocycles. The molecule has 0 amide bonds. The van der Waals surface area contributed by atoms with Crippen molar-refractivity contribution < 1.29 is 14.3 Å². The van der Waals surface area contributed by atoms with Gasteiger partial charge in [-0.2, -0.15) is 0 Å². The number of aryl methyl sites for hydroxylation is 1. The van der Waals surface area contributed by atoms with E-state index in [1.54, 1.807) is 25.1 Å². The number of hydrogen-bond donors (Lipinski definition) is 2. The van der Waals surface area contributed by atoms with Gasteiger partial charge in [0.25, 0.3) is 0 Å². The zero-order chi connectivity index (χ0) is 15.6. The monoisotopic (exact) mass is 288 g/mol. The Balaban J connectivity index is 2.38. The number of anilines is 2. The summed E-state index contributed by atoms with van der Waals surface area (Å²) in [4.78, 5) is 15.6. The molecule has 0 saturated carbocycles. The van der Waals surface area contributed by atoms with Crippen LogP contribution in [0.3, 0.4) is 0 Å². The zero-order valence-electron chi connectivity index (χ0n) is 12.1. The third-order valence-electron chi connectivity index (χ3n) is 3.11. The summed E-state index contributed by atoms with van der Waals surface area (Å²) < 4.78 is 13.3. The van der Waals surface area contributed by atoms with E-state index in [0.29, 0.717) is 22.8 Å². The van der Waals surface area contributed by atoms with E-state index >= 15 is 0 Å². The highest BCUT2D eigenvalue weighted by atomic mass is 19.1. The number of carboxylic acids is 1. The molecule has 0 aliphatic rings. The van der Waals surface area contributed by atoms with E-state index in [1.165, 1.54) is 12.1 Å². The van der Waals surface area contributed by atoms with Crippen molar-refractivity contribution in [2.24, 2.45) is 0 Å². The molecular weight excluding hydrogens is 271 g/mol. The van der Waals surface area contributed by atoms with Crippen molar-refractivity contribution in [3.63, 3.8) is 0 Å². The number of hydrogen-bond acceptors (Lipinski definition) is 3. The molecule has 0 aliphatic heterocycles. The number of carboxylic acid groups (broad SMARTS) is 1. The molecule has 0 bridgehead atoms. The molecule has 0 saturated heterocycles. The van der Waals surface area contributed by atoms with Gasteiger partial charge >= 0.3 is 5.97 Å². The fourth-order valence-electron chi connectivity index (χ4n) is 1.91. The first-order valence-corrected chi connectivity index (χ1v) is 6.65. The average Bonchev–Trinajstić information content (AvgIpc) is 2.42. The summed E-state index contributed by atoms with van der Waals surface area (Å²) in [5, 5.41) is 12.2. The molecule has 5 heteroatoms. The predicted octanol–water partition coefficient (Wildman–Crippen LogP) is 4.09. The maximum Gasteiger partial charge on any atom is 0.335 e. The molecule has 2 N–H and O–H groups in total. The van der Waals surface area contributed by atoms with Gasteiger partial charge in [0.1, 0.15) is 11.6 Å². The van der Waals surface area contributed by atoms with Gasteiger partial charge in [-0.15, -0.1) is 0 Å². The third-order valence-corrected chi connectivity index (χ3v) is 3.11. The third kappa shape index (κ3) is 3.56. The zero-order valence-corrected chi connectivity index (χ0v) is 12.1. The van der Waals surface area contributed by atoms with Crippen LogP contribution in [0.25, 0.3) is 0 Å². The van der Waals surface area contributed by atoms with Crippen LogP contribution in [0.15, 0.2) is 30.3 Å². The summed E-state index contributed by atoms with van der Waals surface area (Å²) in [5.41, 5.74) is 2.04. The van der Waals surface area contributed by atoms with E-state index in [-0.39, 0.29) is 17.3 Å². The number of nitrogens with one attached hydrogen (secondary N) is 1. The van der Waals surface area contributed by atoms with Crippen LogP contribution in [0.4, 0.5) is 15.9 Å². The molecule has 4 nitrogen and oxygen atoms in total. The Kier molecular flexibility index (Phi) is 4.21. The molecule has 0 radical (unpaired) electrons. The van der Waals surface area contributed by atoms with Gasteiger partial charge in [0.05, 0.1) is 5.56 Å². The lowest BCUT2D eigenvalue weighted by molar-refractivity contribution is 0.0696. The normalized spacial score (nSPS) is 10.7. The van der Waals surface area contributed by atoms with Gasteiger partial charge in [-0.3, -0.25) is 0 Å². The highest BCUT2D eigenvalue weighted by molar-refractivity contribution is 5.88. The van der Waals surface area contributed by atoms with Gasteiger partial charge in [-0.1, -0.05) is 13.8 Å². The van der Waals surface area contributed by atoms with Gasteiger partial charge in [0.15, 0.2) is 0 Å². The number of nitrogens with zero attached hydrogens (tertiary/aromatic N) is 1. The van der Waals surface area contributed by atoms with Crippen LogP contribution in [0.1, 0.15) is 41.4 Å². The molecule has 1 heterocycles. The maximum atomic E-state index is 13.3. The summed E-state index contributed by atoms with van der Waals surface area (Å²) in [5.74, 6) is -0.738. The summed E-state index contributed by atoms with van der Waals surface area (Å²) in [6.07, 6.45) is 0. The van der Waals surface area contributed by atoms with Crippen molar-refractivity contribution in [1.29, 1.82) is 0 Å². The van der Waals surface area contributed by atoms with E-state index in [9.17, 15) is 9.18 Å². The van der Waals surface area contributed by atoms with E-state index in [2.05, 4.69) is 10.3 Å². The van der Waals surface area contributed by atoms with Crippen LogP contribution in [0.2, 0.25) is 0 Å². The Hall–Kier alpha value is -2.43. The van der Waals surface area contributed by atoms with Gasteiger partial charge in [0, 0.05) is 11.4 Å². The first-order valence-electron chi connectivity index (χ1n) is 6.65. The van der Waals surface area contributed by atoms with Crippen LogP contribution in [-0.4, -0.2) is 16.1 Å². The maximum absolute atomic E-state index is 13.3. The highest BCUT2D eigenvalue weighted by Gasteiger charge is 2.11. The minimum absolute atomic E-state index is 0.111. The van der Waals surface area contributed by atoms with Crippen LogP contribution >= 0.6 is 0 Å². The molecule has 2 rings (SSSR count). The van der Waals surface area contributed by atoms with Gasteiger partial charge in [0.2, 0.25) is 0 Å². The molecule has 0 unspecified atom stereocenters. The Morgan fingerprint density at radius 2 is 2.00 bits per heavy atom. The number of benzene rings is 1. The second-order valence-electron chi connectivity index (χ2n) is 5.21. The number of carbonyl (C=O) groups is 1. The van der Waals surface area contributed by atoms with Gasteiger partial charge in [-0.05, 0) is 48.7 Å². The molecule has 0 fully saturated rings. The number of aromatic nitrogens is 1. The van der Waals surface area contributed by atoms with Crippen molar-refractivity contribution in [2.45, 2.75) is 26.7 Å². The first kappa shape index (κ1) is 15.0. The Labute approximate surface area is 122 Å². The lowest BCUT2D eigenvalue weighted by Gasteiger charge is -2.11. The van der Waals surface area contributed by atoms with Crippen LogP contribution in [0.5, 0.6) is 0 Å². The van der Waals surface area contributed by atoms with E-state index in [1.807, 2.05) is 13.8 Å². The summed E-state index contributed by atoms with van der Waals surface area (Å²) in [6, 6.07) is 7.63. The minimum atomic E-state index is -1.00. The molecule has 0 atom stereocenters. The molecular formula is C16H17FN2O2. The Morgan fingerprint density at radius 1 is 1.29 bits per heavy atom. The van der Waals surface area contributed by atoms with Crippen LogP contribution in [0, 0.1) is 12.7 Å². The number of pyridine rings is 1. The number of aromatic carboxylic acids is 1. The SMILES string of the molecule is Cc1cc(Nc2cc(C(=O)O)cc(C(C)C)n2)ccc1F. The molecule has 110 valence electrons. The summed E-state index contributed by atoms with van der Waals surface area (Å²) >= 11 is 0. The largest absolute Gasteiger partial charge is 0.478 e. The quantitative estimate of drug-likeness (QED) is 0.889. The first-order chi connectivity index (χ1) is 9.86. The lowest BCUT2D eigenvalue weighted by atomic mass is 10.1. The van der Waals surface area contributed by atoms with Crippen LogP contribution < -0.4 is 5.32 Å². The minimum Gasteiger partial charge on any atom is -0.478 e. The Bertz CT molecular complexity index is 684. The standard InChI is InChI=1S/C16H17FN2O2/c1-9(2)14-7-11(16(20)21)8-15(19-14)18-12-4-5-13(17)10(3)6-12/h4-9H,1-3H3,(H,18,19)(H,20,21). The van der Waals surface area contributed by atoms with Gasteiger partial charge in [-0.25, -0.2) is 14.2 Å². The fraction of sp³-hybridized carbons (Fsp3) is 0.250. The smallest absolute Gasteiger partial charge is 0.335 e. The summed E-state index contributed by atoms with van der Waals surface area (Å²) in [6.45, 7) is 5.56. The second kappa shape index (κ2) is 5.91. The fourth-order valence-corrected chi connectivity index (χ4v) is 1.91. The molecule has 21 heavy (non-hydrogen) atoms. The molecule has 2 aromatic rings. The number of halogens is 1. The molecule has 0 aliphatic carbocycles. The lowest BCUT2D eigenvalue weighted by Crippen LogP contribution is -2.05. The average molecular weight is 288 g/mol. The van der Waals surface area contributed by atoms with E-state index < -0.39 is 5.97 Å². The predicted molar refractivity (Wildman–Crippen MR) is 79.7 cm³/mol. The van der Waals surface area contributed by atoms with E-state index in [4.69, 9.17) is 5.11 Å². The molecule has 1 aromatic carbocycles. The molecule has 0 spiro atoms. The van der Waals surface area contributed by atoms with Crippen molar-refractivity contribution in [2.75, 3.05) is 5.32 Å². The topological polar surface area (TPSA) is 62.2 Å². The number of rotatable bonds is 4. The van der Waals surface area contributed by atoms with Crippen molar-refractivity contribution in [3.05, 3.63) is 53.0 Å². The second-order valence-corrected chi connectivity index (χ2v) is 5.21. The van der Waals surface area contributed by atoms with Gasteiger partial charge < -0.3 is 10.4 Å².